The fraction of sp³-hybridized carbons (Fsp3) is 0.846. The van der Waals surface area contributed by atoms with Crippen LogP contribution in [0.15, 0.2) is 0 Å². The molecule has 242 valence electrons. The fourth-order valence-electron chi connectivity index (χ4n) is 4.51. The second-order valence-electron chi connectivity index (χ2n) is 10.0. The van der Waals surface area contributed by atoms with Gasteiger partial charge in [0.1, 0.15) is 43.2 Å². The summed E-state index contributed by atoms with van der Waals surface area (Å²) in [6.45, 7) is 4.29. The lowest BCUT2D eigenvalue weighted by Gasteiger charge is -2.47. The van der Waals surface area contributed by atoms with Crippen LogP contribution in [0, 0.1) is 0 Å². The number of unbranched alkanes of at least 4 members (excludes halogenated alkanes) is 4. The van der Waals surface area contributed by atoms with E-state index in [-0.39, 0.29) is 0 Å². The smallest absolute Gasteiger partial charge is 0.409 e. The molecule has 2 rings (SSSR count). The van der Waals surface area contributed by atoms with Crippen LogP contribution in [-0.4, -0.2) is 126 Å². The molecular formula is C26H43NO15. The maximum atomic E-state index is 12.6. The van der Waals surface area contributed by atoms with Crippen molar-refractivity contribution in [3.8, 4) is 0 Å². The molecule has 42 heavy (non-hydrogen) atoms. The van der Waals surface area contributed by atoms with Crippen LogP contribution >= 0.6 is 0 Å². The third-order valence-corrected chi connectivity index (χ3v) is 6.56. The molecule has 1 amide bonds. The van der Waals surface area contributed by atoms with Crippen molar-refractivity contribution in [1.82, 2.24) is 5.32 Å². The van der Waals surface area contributed by atoms with Crippen LogP contribution in [0.2, 0.25) is 0 Å². The van der Waals surface area contributed by atoms with E-state index in [1.807, 2.05) is 0 Å². The molecule has 0 aromatic carbocycles. The van der Waals surface area contributed by atoms with Gasteiger partial charge in [-0.3, -0.25) is 14.4 Å². The van der Waals surface area contributed by atoms with Crippen molar-refractivity contribution < 1.29 is 72.8 Å². The van der Waals surface area contributed by atoms with E-state index < -0.39 is 98.6 Å². The van der Waals surface area contributed by atoms with E-state index >= 15 is 0 Å². The number of hydrogen-bond acceptors (Lipinski definition) is 15. The van der Waals surface area contributed by atoms with Crippen LogP contribution in [0.25, 0.3) is 0 Å². The lowest BCUT2D eigenvalue weighted by Crippen LogP contribution is -2.66. The minimum absolute atomic E-state index is 0.292. The maximum absolute atomic E-state index is 12.6. The fourth-order valence-corrected chi connectivity index (χ4v) is 4.51. The molecule has 0 aromatic heterocycles. The summed E-state index contributed by atoms with van der Waals surface area (Å²) in [4.78, 5) is 48.4. The highest BCUT2D eigenvalue weighted by molar-refractivity contribution is 5.69. The summed E-state index contributed by atoms with van der Waals surface area (Å²) < 4.78 is 38.2. The van der Waals surface area contributed by atoms with E-state index in [1.54, 1.807) is 0 Å². The average Bonchev–Trinajstić information content (AvgIpc) is 2.92. The predicted octanol–water partition coefficient (Wildman–Crippen LogP) is -0.980. The normalized spacial score (nSPS) is 32.9. The highest BCUT2D eigenvalue weighted by Gasteiger charge is 2.55. The Balaban J connectivity index is 2.34. The molecule has 0 saturated carbocycles. The van der Waals surface area contributed by atoms with E-state index in [0.29, 0.717) is 13.0 Å². The molecule has 16 nitrogen and oxygen atoms in total. The molecule has 2 aliphatic rings. The van der Waals surface area contributed by atoms with Crippen molar-refractivity contribution >= 4 is 24.0 Å². The minimum atomic E-state index is -1.86. The van der Waals surface area contributed by atoms with Gasteiger partial charge in [0.25, 0.3) is 0 Å². The number of ether oxygens (including phenoxy) is 7. The minimum Gasteiger partial charge on any atom is -0.463 e. The standard InChI is InChI=1S/C26H43NO15/c1-5-6-7-8-9-10-27-26(35)42-25-23(38-15(4)31)22(37-14(3)30)21(17(40-25)12-36-13(2)29)41-24-20(34)19(33)18(32)16(11-28)39-24/h16-25,28,32-34H,5-12H2,1-4H3,(H,27,35)/t16-,17-,18+,19+,20-,21-,22+,23-,24+,25+/m1/s1. The monoisotopic (exact) mass is 609 g/mol. The zero-order chi connectivity index (χ0) is 31.4. The number of amides is 1. The number of carbonyl (C=O) groups is 4. The van der Waals surface area contributed by atoms with Crippen LogP contribution in [0.5, 0.6) is 0 Å². The summed E-state index contributed by atoms with van der Waals surface area (Å²) in [5.74, 6) is -2.46. The Morgan fingerprint density at radius 2 is 1.33 bits per heavy atom. The van der Waals surface area contributed by atoms with Gasteiger partial charge in [0, 0.05) is 27.3 Å². The third kappa shape index (κ3) is 10.6. The molecule has 0 bridgehead atoms. The summed E-state index contributed by atoms with van der Waals surface area (Å²) in [7, 11) is 0. The molecule has 2 heterocycles. The Labute approximate surface area is 243 Å². The van der Waals surface area contributed by atoms with Crippen LogP contribution in [0.1, 0.15) is 59.8 Å². The van der Waals surface area contributed by atoms with Crippen molar-refractivity contribution in [2.75, 3.05) is 19.8 Å². The van der Waals surface area contributed by atoms with Crippen LogP contribution in [0.3, 0.4) is 0 Å². The van der Waals surface area contributed by atoms with Gasteiger partial charge in [0.15, 0.2) is 12.4 Å². The van der Waals surface area contributed by atoms with Crippen LogP contribution in [-0.2, 0) is 47.5 Å². The highest BCUT2D eigenvalue weighted by Crippen LogP contribution is 2.33. The van der Waals surface area contributed by atoms with Gasteiger partial charge in [0.2, 0.25) is 12.4 Å². The molecule has 0 unspecified atom stereocenters. The number of aliphatic hydroxyl groups is 4. The Morgan fingerprint density at radius 1 is 0.714 bits per heavy atom. The van der Waals surface area contributed by atoms with Gasteiger partial charge in [-0.1, -0.05) is 32.6 Å². The van der Waals surface area contributed by atoms with Crippen LogP contribution in [0.4, 0.5) is 4.79 Å². The summed E-state index contributed by atoms with van der Waals surface area (Å²) in [5, 5.41) is 42.9. The second kappa shape index (κ2) is 17.5. The van der Waals surface area contributed by atoms with Gasteiger partial charge < -0.3 is 58.9 Å². The SMILES string of the molecule is CCCCCCCNC(=O)O[C@@H]1O[C@H](COC(C)=O)[C@@H](O[C@@H]2O[C@H](CO)[C@H](O)[C@H](O)[C@H]2O)[C@H](OC(C)=O)[C@H]1OC(C)=O. The van der Waals surface area contributed by atoms with Gasteiger partial charge in [-0.2, -0.15) is 0 Å². The largest absolute Gasteiger partial charge is 0.463 e. The molecule has 0 aliphatic carbocycles. The number of alkyl carbamates (subject to hydrolysis) is 1. The maximum Gasteiger partial charge on any atom is 0.409 e. The quantitative estimate of drug-likeness (QED) is 0.0906. The molecule has 2 aliphatic heterocycles. The zero-order valence-corrected chi connectivity index (χ0v) is 24.2. The van der Waals surface area contributed by atoms with Crippen molar-refractivity contribution in [3.05, 3.63) is 0 Å². The van der Waals surface area contributed by atoms with Gasteiger partial charge in [-0.05, 0) is 6.42 Å². The summed E-state index contributed by atoms with van der Waals surface area (Å²) in [6.07, 6.45) is -12.4. The summed E-state index contributed by atoms with van der Waals surface area (Å²) in [5.41, 5.74) is 0. The average molecular weight is 610 g/mol. The predicted molar refractivity (Wildman–Crippen MR) is 138 cm³/mol. The first-order chi connectivity index (χ1) is 19.9. The van der Waals surface area contributed by atoms with Crippen molar-refractivity contribution in [2.45, 2.75) is 121 Å². The van der Waals surface area contributed by atoms with E-state index in [9.17, 15) is 39.6 Å². The highest BCUT2D eigenvalue weighted by atomic mass is 16.8. The third-order valence-electron chi connectivity index (χ3n) is 6.56. The first-order valence-electron chi connectivity index (χ1n) is 13.9. The zero-order valence-electron chi connectivity index (χ0n) is 24.2. The lowest BCUT2D eigenvalue weighted by molar-refractivity contribution is -0.355. The molecular weight excluding hydrogens is 566 g/mol. The van der Waals surface area contributed by atoms with Crippen molar-refractivity contribution in [3.63, 3.8) is 0 Å². The first-order valence-corrected chi connectivity index (χ1v) is 13.9. The number of carbonyl (C=O) groups excluding carboxylic acids is 4. The molecule has 2 saturated heterocycles. The topological polar surface area (TPSA) is 226 Å². The Hall–Kier alpha value is -2.60. The number of esters is 3. The number of rotatable bonds is 14. The van der Waals surface area contributed by atoms with E-state index in [2.05, 4.69) is 12.2 Å². The van der Waals surface area contributed by atoms with Gasteiger partial charge in [-0.15, -0.1) is 0 Å². The molecule has 0 radical (unpaired) electrons. The Kier molecular flexibility index (Phi) is 14.8. The summed E-state index contributed by atoms with van der Waals surface area (Å²) >= 11 is 0. The van der Waals surface area contributed by atoms with E-state index in [0.717, 1.165) is 46.5 Å². The second-order valence-corrected chi connectivity index (χ2v) is 10.0. The lowest BCUT2D eigenvalue weighted by atomic mass is 9.96. The van der Waals surface area contributed by atoms with Gasteiger partial charge in [-0.25, -0.2) is 4.79 Å². The molecule has 10 atom stereocenters. The number of aliphatic hydroxyl groups excluding tert-OH is 4. The number of hydrogen-bond donors (Lipinski definition) is 5. The Bertz CT molecular complexity index is 886. The molecule has 0 spiro atoms. The van der Waals surface area contributed by atoms with E-state index in [1.165, 1.54) is 0 Å². The molecule has 5 N–H and O–H groups in total. The summed E-state index contributed by atoms with van der Waals surface area (Å²) in [6, 6.07) is 0. The Morgan fingerprint density at radius 3 is 1.93 bits per heavy atom. The van der Waals surface area contributed by atoms with Crippen molar-refractivity contribution in [2.24, 2.45) is 0 Å². The van der Waals surface area contributed by atoms with Crippen molar-refractivity contribution in [1.29, 1.82) is 0 Å². The van der Waals surface area contributed by atoms with Gasteiger partial charge in [0.05, 0.1) is 6.61 Å². The van der Waals surface area contributed by atoms with Gasteiger partial charge >= 0.3 is 24.0 Å². The molecule has 0 aromatic rings. The van der Waals surface area contributed by atoms with E-state index in [4.69, 9.17) is 33.2 Å². The van der Waals surface area contributed by atoms with Crippen LogP contribution < -0.4 is 5.32 Å². The first kappa shape index (κ1) is 35.6. The number of nitrogens with one attached hydrogen (secondary N) is 1. The molecule has 16 heteroatoms. The molecule has 2 fully saturated rings.